The number of benzene rings is 4. The van der Waals surface area contributed by atoms with Crippen LogP contribution in [0.15, 0.2) is 91.4 Å². The zero-order chi connectivity index (χ0) is 33.5. The Labute approximate surface area is 304 Å². The number of para-hydroxylation sites is 1. The number of aryl methyl sites for hydroxylation is 1. The van der Waals surface area contributed by atoms with Crippen molar-refractivity contribution in [2.24, 2.45) is 0 Å². The molecule has 0 aliphatic heterocycles. The maximum atomic E-state index is 6.42. The van der Waals surface area contributed by atoms with Crippen LogP contribution >= 0.6 is 0 Å². The number of rotatable bonds is 9. The van der Waals surface area contributed by atoms with Gasteiger partial charge < -0.3 is 9.30 Å². The Bertz CT molecular complexity index is 2240. The summed E-state index contributed by atoms with van der Waals surface area (Å²) in [5.74, 6) is 2.97. The first-order valence-electron chi connectivity index (χ1n) is 17.1. The van der Waals surface area contributed by atoms with E-state index >= 15 is 0 Å². The minimum absolute atomic E-state index is 0. The van der Waals surface area contributed by atoms with Crippen molar-refractivity contribution in [3.05, 3.63) is 131 Å². The van der Waals surface area contributed by atoms with E-state index in [-0.39, 0.29) is 21.1 Å². The van der Waals surface area contributed by atoms with Crippen molar-refractivity contribution in [1.82, 2.24) is 19.3 Å². The van der Waals surface area contributed by atoms with Crippen molar-refractivity contribution in [3.8, 4) is 34.1 Å². The minimum atomic E-state index is 0. The first kappa shape index (κ1) is 34.4. The number of pyridine rings is 1. The van der Waals surface area contributed by atoms with E-state index in [1.165, 1.54) is 27.8 Å². The molecule has 0 unspecified atom stereocenters. The standard InChI is InChI=1S/C43H42N4O.Pt/c1-8-34-38(27(3)4)24-39(28(5)6)35(9-2)43(34)30-25-45-46(26-30)31-13-12-14-32(22-31)48-33-17-18-37-36-15-10-11-16-40(36)47(41(37)23-33)42-21-29(7)19-20-44-42;/h10-21,24-28H,8-9H2,1-7H3;/q-2;+2. The van der Waals surface area contributed by atoms with Crippen LogP contribution in [0.4, 0.5) is 0 Å². The molecule has 3 heterocycles. The molecule has 0 atom stereocenters. The van der Waals surface area contributed by atoms with E-state index in [0.29, 0.717) is 23.3 Å². The van der Waals surface area contributed by atoms with Crippen molar-refractivity contribution in [3.63, 3.8) is 0 Å². The molecule has 0 N–H and O–H groups in total. The fraction of sp³-hybridized carbons (Fsp3) is 0.256. The Kier molecular flexibility index (Phi) is 9.95. The second-order valence-electron chi connectivity index (χ2n) is 13.2. The van der Waals surface area contributed by atoms with Crippen LogP contribution in [0, 0.1) is 19.1 Å². The van der Waals surface area contributed by atoms with Gasteiger partial charge in [0.2, 0.25) is 0 Å². The number of nitrogens with zero attached hydrogens (tertiary/aromatic N) is 4. The van der Waals surface area contributed by atoms with Gasteiger partial charge in [0.05, 0.1) is 6.20 Å². The summed E-state index contributed by atoms with van der Waals surface area (Å²) in [4.78, 5) is 4.70. The first-order valence-corrected chi connectivity index (χ1v) is 17.1. The van der Waals surface area contributed by atoms with Crippen molar-refractivity contribution < 1.29 is 25.8 Å². The van der Waals surface area contributed by atoms with Gasteiger partial charge in [-0.15, -0.1) is 35.7 Å². The predicted molar refractivity (Wildman–Crippen MR) is 197 cm³/mol. The molecule has 0 aliphatic carbocycles. The van der Waals surface area contributed by atoms with E-state index in [1.807, 2.05) is 47.4 Å². The molecular formula is C43H42N4OPt. The monoisotopic (exact) mass is 825 g/mol. The summed E-state index contributed by atoms with van der Waals surface area (Å²) in [7, 11) is 0. The smallest absolute Gasteiger partial charge is 0.509 e. The molecule has 6 heteroatoms. The normalized spacial score (nSPS) is 11.5. The number of hydrogen-bond acceptors (Lipinski definition) is 3. The zero-order valence-corrected chi connectivity index (χ0v) is 31.5. The van der Waals surface area contributed by atoms with Gasteiger partial charge in [-0.3, -0.25) is 4.68 Å². The summed E-state index contributed by atoms with van der Waals surface area (Å²) in [6.45, 7) is 15.8. The topological polar surface area (TPSA) is 44.9 Å². The third-order valence-corrected chi connectivity index (χ3v) is 9.34. The van der Waals surface area contributed by atoms with Crippen LogP contribution in [0.5, 0.6) is 11.5 Å². The quantitative estimate of drug-likeness (QED) is 0.136. The Morgan fingerprint density at radius 1 is 0.776 bits per heavy atom. The van der Waals surface area contributed by atoms with Crippen LogP contribution in [0.1, 0.15) is 81.2 Å². The van der Waals surface area contributed by atoms with Crippen LogP contribution in [0.2, 0.25) is 0 Å². The Morgan fingerprint density at radius 3 is 2.18 bits per heavy atom. The van der Waals surface area contributed by atoms with Gasteiger partial charge in [-0.2, -0.15) is 17.2 Å². The van der Waals surface area contributed by atoms with Crippen molar-refractivity contribution in [2.75, 3.05) is 0 Å². The van der Waals surface area contributed by atoms with Gasteiger partial charge in [0.25, 0.3) is 0 Å². The zero-order valence-electron chi connectivity index (χ0n) is 29.2. The van der Waals surface area contributed by atoms with Gasteiger partial charge in [-0.25, -0.2) is 4.98 Å². The fourth-order valence-electron chi connectivity index (χ4n) is 7.10. The van der Waals surface area contributed by atoms with Gasteiger partial charge in [0, 0.05) is 35.0 Å². The second kappa shape index (κ2) is 14.2. The average Bonchev–Trinajstić information content (AvgIpc) is 3.70. The van der Waals surface area contributed by atoms with Gasteiger partial charge in [0.15, 0.2) is 0 Å². The van der Waals surface area contributed by atoms with Crippen LogP contribution in [-0.4, -0.2) is 19.3 Å². The summed E-state index contributed by atoms with van der Waals surface area (Å²) in [6, 6.07) is 32.0. The molecule has 0 fully saturated rings. The summed E-state index contributed by atoms with van der Waals surface area (Å²) in [5.41, 5.74) is 12.2. The molecule has 0 aliphatic rings. The average molecular weight is 826 g/mol. The van der Waals surface area contributed by atoms with Crippen LogP contribution in [-0.2, 0) is 33.9 Å². The van der Waals surface area contributed by atoms with Gasteiger partial charge in [-0.1, -0.05) is 71.3 Å². The summed E-state index contributed by atoms with van der Waals surface area (Å²) in [6.07, 6.45) is 7.96. The second-order valence-corrected chi connectivity index (χ2v) is 13.2. The Hall–Kier alpha value is -4.47. The largest absolute Gasteiger partial charge is 2.00 e. The van der Waals surface area contributed by atoms with E-state index in [2.05, 4.69) is 114 Å². The molecule has 3 aromatic heterocycles. The number of hydrogen-bond donors (Lipinski definition) is 0. The van der Waals surface area contributed by atoms with E-state index in [1.54, 1.807) is 0 Å². The summed E-state index contributed by atoms with van der Waals surface area (Å²) >= 11 is 0. The van der Waals surface area contributed by atoms with Crippen LogP contribution in [0.25, 0.3) is 44.4 Å². The molecule has 0 spiro atoms. The third-order valence-electron chi connectivity index (χ3n) is 9.34. The van der Waals surface area contributed by atoms with E-state index in [4.69, 9.17) is 14.8 Å². The van der Waals surface area contributed by atoms with E-state index in [0.717, 1.165) is 57.3 Å². The molecule has 0 bridgehead atoms. The molecule has 0 saturated heterocycles. The molecule has 4 aromatic carbocycles. The fourth-order valence-corrected chi connectivity index (χ4v) is 7.10. The van der Waals surface area contributed by atoms with Crippen molar-refractivity contribution >= 4 is 21.8 Å². The minimum Gasteiger partial charge on any atom is -0.509 e. The van der Waals surface area contributed by atoms with Crippen molar-refractivity contribution in [1.29, 1.82) is 0 Å². The molecule has 7 rings (SSSR count). The summed E-state index contributed by atoms with van der Waals surface area (Å²) in [5, 5.41) is 7.09. The van der Waals surface area contributed by atoms with Crippen LogP contribution in [0.3, 0.4) is 0 Å². The molecule has 7 aromatic rings. The third kappa shape index (κ3) is 6.37. The maximum Gasteiger partial charge on any atom is 2.00 e. The first-order chi connectivity index (χ1) is 23.3. The van der Waals surface area contributed by atoms with Crippen molar-refractivity contribution in [2.45, 2.75) is 73.1 Å². The van der Waals surface area contributed by atoms with Gasteiger partial charge >= 0.3 is 21.1 Å². The molecule has 250 valence electrons. The molecule has 0 saturated carbocycles. The SMILES string of the molecule is CCc1c(C(C)C)cc(C(C)C)c(CC)c1-c1cnn(-c2[c-]c(Oc3[c-]c4c(cc3)c3ccccc3n4-c3cc(C)ccn3)ccc2)c1.[Pt+2]. The number of fused-ring (bicyclic) bond motifs is 3. The number of ether oxygens (including phenoxy) is 1. The molecule has 5 nitrogen and oxygen atoms in total. The Balaban J connectivity index is 0.00000417. The van der Waals surface area contributed by atoms with Crippen LogP contribution < -0.4 is 4.74 Å². The molecule has 49 heavy (non-hydrogen) atoms. The van der Waals surface area contributed by atoms with E-state index < -0.39 is 0 Å². The van der Waals surface area contributed by atoms with Gasteiger partial charge in [-0.05, 0) is 94.3 Å². The molecular weight excluding hydrogens is 784 g/mol. The maximum absolute atomic E-state index is 6.42. The molecule has 0 amide bonds. The van der Waals surface area contributed by atoms with Gasteiger partial charge in [0.1, 0.15) is 5.82 Å². The Morgan fingerprint density at radius 2 is 1.49 bits per heavy atom. The molecule has 0 radical (unpaired) electrons. The van der Waals surface area contributed by atoms with E-state index in [9.17, 15) is 0 Å². The predicted octanol–water partition coefficient (Wildman–Crippen LogP) is 11.1. The number of aromatic nitrogens is 4. The summed E-state index contributed by atoms with van der Waals surface area (Å²) < 4.78 is 10.5.